The third-order valence-electron chi connectivity index (χ3n) is 2.53. The minimum atomic E-state index is -1.23. The Morgan fingerprint density at radius 3 is 2.71 bits per heavy atom. The van der Waals surface area contributed by atoms with E-state index >= 15 is 0 Å². The van der Waals surface area contributed by atoms with E-state index in [0.717, 1.165) is 4.68 Å². The molecule has 0 radical (unpaired) electrons. The van der Waals surface area contributed by atoms with Crippen LogP contribution < -0.4 is 5.73 Å². The zero-order chi connectivity index (χ0) is 12.6. The van der Waals surface area contributed by atoms with Gasteiger partial charge in [0.25, 0.3) is 0 Å². The van der Waals surface area contributed by atoms with Gasteiger partial charge in [0, 0.05) is 0 Å². The van der Waals surface area contributed by atoms with Crippen molar-refractivity contribution in [2.75, 3.05) is 6.61 Å². The SMILES string of the molecule is N=C(N)c1ncn([13C@@H]2O[13C@H]([13CH2]O)[13CH](O)[13C@@H]2O)n1. The molecule has 0 aliphatic carbocycles. The molecule has 17 heavy (non-hydrogen) atoms. The molecule has 1 aromatic rings. The molecule has 0 spiro atoms. The van der Waals surface area contributed by atoms with E-state index in [1.807, 2.05) is 0 Å². The number of nitrogens with zero attached hydrogens (tertiary/aromatic N) is 3. The van der Waals surface area contributed by atoms with Crippen LogP contribution in [-0.4, -0.2) is 60.8 Å². The number of nitrogens with one attached hydrogen (secondary N) is 1. The van der Waals surface area contributed by atoms with Crippen LogP contribution in [0.4, 0.5) is 0 Å². The maximum absolute atomic E-state index is 9.70. The second kappa shape index (κ2) is 4.37. The molecule has 1 aromatic heterocycles. The summed E-state index contributed by atoms with van der Waals surface area (Å²) < 4.78 is 6.37. The van der Waals surface area contributed by atoms with Gasteiger partial charge in [-0.2, -0.15) is 0 Å². The summed E-state index contributed by atoms with van der Waals surface area (Å²) in [6.45, 7) is -0.414. The fourth-order valence-corrected chi connectivity index (χ4v) is 1.62. The summed E-state index contributed by atoms with van der Waals surface area (Å²) in [6, 6.07) is 0. The number of nitrogens with two attached hydrogens (primary N) is 1. The summed E-state index contributed by atoms with van der Waals surface area (Å²) in [5, 5.41) is 39.1. The zero-order valence-electron chi connectivity index (χ0n) is 8.76. The van der Waals surface area contributed by atoms with E-state index in [4.69, 9.17) is 21.0 Å². The second-order valence-electron chi connectivity index (χ2n) is 3.69. The van der Waals surface area contributed by atoms with Gasteiger partial charge in [0.05, 0.1) is 6.61 Å². The fraction of sp³-hybridized carbons (Fsp3) is 0.625. The molecule has 1 fully saturated rings. The van der Waals surface area contributed by atoms with E-state index in [9.17, 15) is 10.2 Å². The topological polar surface area (TPSA) is 150 Å². The van der Waals surface area contributed by atoms with Crippen LogP contribution in [0, 0.1) is 5.41 Å². The first-order valence-electron chi connectivity index (χ1n) is 4.92. The molecule has 9 nitrogen and oxygen atoms in total. The van der Waals surface area contributed by atoms with Gasteiger partial charge in [0.1, 0.15) is 24.6 Å². The standard InChI is InChI=1S/C8H13N5O4/c9-6(10)7-11-2-13(12-7)8-5(16)4(15)3(1-14)17-8/h2-5,8,14-16H,1H2,(H3,9,10)/t3-,4?,5+,8-/m1/s1/i1+1,3+1,4+1,5+1,8+1. The van der Waals surface area contributed by atoms with Gasteiger partial charge in [-0.05, 0) is 0 Å². The van der Waals surface area contributed by atoms with Crippen LogP contribution in [0.3, 0.4) is 0 Å². The number of aliphatic hydroxyl groups excluding tert-OH is 3. The number of aromatic nitrogens is 3. The Morgan fingerprint density at radius 2 is 2.24 bits per heavy atom. The summed E-state index contributed by atoms with van der Waals surface area (Å²) in [4.78, 5) is 3.74. The highest BCUT2D eigenvalue weighted by molar-refractivity contribution is 5.90. The van der Waals surface area contributed by atoms with Crippen LogP contribution in [0.5, 0.6) is 0 Å². The van der Waals surface area contributed by atoms with Crippen LogP contribution in [0.1, 0.15) is 12.1 Å². The number of aliphatic hydroxyl groups is 3. The quantitative estimate of drug-likeness (QED) is 0.220. The first kappa shape index (κ1) is 11.9. The Kier molecular flexibility index (Phi) is 3.07. The summed E-state index contributed by atoms with van der Waals surface area (Å²) in [7, 11) is 0. The van der Waals surface area contributed by atoms with Crippen LogP contribution >= 0.6 is 0 Å². The Bertz CT molecular complexity index is 422. The van der Waals surface area contributed by atoms with Gasteiger partial charge in [-0.1, -0.05) is 0 Å². The van der Waals surface area contributed by atoms with E-state index in [2.05, 4.69) is 10.1 Å². The predicted octanol–water partition coefficient (Wildman–Crippen LogP) is -2.83. The van der Waals surface area contributed by atoms with Gasteiger partial charge in [0.15, 0.2) is 12.1 Å². The molecule has 0 bridgehead atoms. The van der Waals surface area contributed by atoms with Crippen molar-refractivity contribution in [2.24, 2.45) is 5.73 Å². The fourth-order valence-electron chi connectivity index (χ4n) is 1.62. The number of rotatable bonds is 3. The van der Waals surface area contributed by atoms with E-state index < -0.39 is 31.1 Å². The molecule has 6 N–H and O–H groups in total. The molecule has 1 saturated heterocycles. The zero-order valence-corrected chi connectivity index (χ0v) is 8.76. The van der Waals surface area contributed by atoms with Crippen LogP contribution in [-0.2, 0) is 4.74 Å². The Morgan fingerprint density at radius 1 is 1.53 bits per heavy atom. The molecule has 94 valence electrons. The number of hydrogen-bond donors (Lipinski definition) is 5. The normalized spacial score (nSPS) is 32.9. The lowest BCUT2D eigenvalue weighted by atomic mass is 10.6. The third-order valence-corrected chi connectivity index (χ3v) is 2.53. The lowest BCUT2D eigenvalue weighted by molar-refractivity contribution is -0.0588. The van der Waals surface area contributed by atoms with E-state index in [-0.39, 0.29) is 11.7 Å². The molecule has 1 aliphatic heterocycles. The first-order chi connectivity index (χ1) is 8.04. The van der Waals surface area contributed by atoms with Crippen molar-refractivity contribution in [1.82, 2.24) is 14.8 Å². The molecule has 9 heteroatoms. The molecule has 0 aromatic carbocycles. The van der Waals surface area contributed by atoms with Crippen molar-refractivity contribution in [1.29, 1.82) is 5.41 Å². The van der Waals surface area contributed by atoms with Gasteiger partial charge in [-0.3, -0.25) is 5.41 Å². The maximum atomic E-state index is 9.70. The first-order valence-corrected chi connectivity index (χ1v) is 4.92. The summed E-state index contributed by atoms with van der Waals surface area (Å²) in [5.41, 5.74) is 5.19. The molecule has 1 aliphatic rings. The van der Waals surface area contributed by atoms with Gasteiger partial charge >= 0.3 is 0 Å². The highest BCUT2D eigenvalue weighted by Crippen LogP contribution is 2.28. The average molecular weight is 248 g/mol. The van der Waals surface area contributed by atoms with Gasteiger partial charge in [-0.15, -0.1) is 5.10 Å². The lowest BCUT2D eigenvalue weighted by Gasteiger charge is -2.13. The minimum Gasteiger partial charge on any atom is -0.394 e. The highest BCUT2D eigenvalue weighted by Gasteiger charge is 2.43. The Hall–Kier alpha value is -1.55. The molecule has 4 atom stereocenters. The van der Waals surface area contributed by atoms with Crippen molar-refractivity contribution in [2.45, 2.75) is 24.5 Å². The molecule has 2 heterocycles. The summed E-state index contributed by atoms with van der Waals surface area (Å²) >= 11 is 0. The molecule has 0 amide bonds. The number of hydrogen-bond acceptors (Lipinski definition) is 7. The largest absolute Gasteiger partial charge is 0.394 e. The van der Waals surface area contributed by atoms with Gasteiger partial charge < -0.3 is 25.8 Å². The monoisotopic (exact) mass is 248 g/mol. The van der Waals surface area contributed by atoms with E-state index in [1.54, 1.807) is 0 Å². The molecular formula is C8H13N5O4. The maximum Gasteiger partial charge on any atom is 0.215 e. The highest BCUT2D eigenvalue weighted by atomic mass is 16.8. The van der Waals surface area contributed by atoms with Crippen molar-refractivity contribution in [3.8, 4) is 0 Å². The summed E-state index contributed by atoms with van der Waals surface area (Å²) in [5.74, 6) is -0.307. The van der Waals surface area contributed by atoms with Crippen molar-refractivity contribution >= 4 is 5.84 Å². The molecule has 0 saturated carbocycles. The van der Waals surface area contributed by atoms with Crippen LogP contribution in [0.2, 0.25) is 0 Å². The second-order valence-corrected chi connectivity index (χ2v) is 3.69. The number of nitrogen functional groups attached to an aromatic ring is 1. The summed E-state index contributed by atoms with van der Waals surface area (Å²) in [6.07, 6.45) is -3.02. The molecular weight excluding hydrogens is 235 g/mol. The Balaban J connectivity index is 2.19. The van der Waals surface area contributed by atoms with Gasteiger partial charge in [-0.25, -0.2) is 9.67 Å². The average Bonchev–Trinajstić information content (AvgIpc) is 2.87. The van der Waals surface area contributed by atoms with Crippen molar-refractivity contribution in [3.63, 3.8) is 0 Å². The molecule has 2 rings (SSSR count). The smallest absolute Gasteiger partial charge is 0.215 e. The number of ether oxygens (including phenoxy) is 1. The third kappa shape index (κ3) is 2.00. The van der Waals surface area contributed by atoms with E-state index in [0.29, 0.717) is 0 Å². The van der Waals surface area contributed by atoms with Crippen LogP contribution in [0.15, 0.2) is 6.33 Å². The number of amidine groups is 1. The van der Waals surface area contributed by atoms with Crippen molar-refractivity contribution < 1.29 is 20.1 Å². The van der Waals surface area contributed by atoms with Gasteiger partial charge in [0.2, 0.25) is 5.82 Å². The predicted molar refractivity (Wildman–Crippen MR) is 54.0 cm³/mol. The van der Waals surface area contributed by atoms with Crippen LogP contribution in [0.25, 0.3) is 0 Å². The van der Waals surface area contributed by atoms with Crippen molar-refractivity contribution in [3.05, 3.63) is 12.2 Å². The van der Waals surface area contributed by atoms with E-state index in [1.165, 1.54) is 6.33 Å². The Labute approximate surface area is 96.0 Å². The lowest BCUT2D eigenvalue weighted by Crippen LogP contribution is -2.33. The minimum absolute atomic E-state index is 0.00254. The molecule has 1 unspecified atom stereocenters.